The molecule has 4 heteroatoms. The maximum Gasteiger partial charge on any atom is 0.136 e. The summed E-state index contributed by atoms with van der Waals surface area (Å²) < 4.78 is 30.2. The molecular formula is C21H26FNOS. The molecule has 0 aliphatic heterocycles. The molecule has 0 saturated heterocycles. The molecule has 1 N–H and O–H groups in total. The van der Waals surface area contributed by atoms with Crippen LogP contribution in [-0.2, 0) is 16.8 Å². The van der Waals surface area contributed by atoms with Gasteiger partial charge in [0, 0.05) is 11.4 Å². The van der Waals surface area contributed by atoms with Crippen LogP contribution < -0.4 is 4.72 Å². The normalized spacial score (nSPS) is 18.6. The highest BCUT2D eigenvalue weighted by molar-refractivity contribution is 7.90. The molecule has 3 rings (SSSR count). The lowest BCUT2D eigenvalue weighted by atomic mass is 9.93. The van der Waals surface area contributed by atoms with Gasteiger partial charge < -0.3 is 4.55 Å². The summed E-state index contributed by atoms with van der Waals surface area (Å²) in [5.74, 6) is -0.165. The van der Waals surface area contributed by atoms with Crippen LogP contribution in [0.15, 0.2) is 48.5 Å². The lowest BCUT2D eigenvalue weighted by molar-refractivity contribution is 0.534. The smallest absolute Gasteiger partial charge is 0.136 e. The van der Waals surface area contributed by atoms with Crippen LogP contribution in [0.3, 0.4) is 0 Å². The third kappa shape index (κ3) is 4.08. The van der Waals surface area contributed by atoms with E-state index < -0.39 is 16.1 Å². The highest BCUT2D eigenvalue weighted by Gasteiger charge is 2.41. The quantitative estimate of drug-likeness (QED) is 0.761. The van der Waals surface area contributed by atoms with E-state index in [-0.39, 0.29) is 17.3 Å². The molecule has 2 aromatic carbocycles. The standard InChI is InChI=1S/C21H26FNOS/c1-20(2,3)25(24)23-19(15-8-6-5-7-9-15)16-10-11-17(18(22)14-16)21(4)12-13-21/h5-11,14,19,23H,12-13H2,1-4H3/t19-,25?/m0/s1. The van der Waals surface area contributed by atoms with Crippen molar-refractivity contribution in [2.24, 2.45) is 0 Å². The molecule has 2 aromatic rings. The van der Waals surface area contributed by atoms with Gasteiger partial charge in [0.2, 0.25) is 0 Å². The zero-order valence-electron chi connectivity index (χ0n) is 15.3. The summed E-state index contributed by atoms with van der Waals surface area (Å²) in [5.41, 5.74) is 2.56. The van der Waals surface area contributed by atoms with Gasteiger partial charge in [-0.2, -0.15) is 0 Å². The number of rotatable bonds is 5. The summed E-state index contributed by atoms with van der Waals surface area (Å²) in [6.07, 6.45) is 2.08. The molecule has 1 unspecified atom stereocenters. The van der Waals surface area contributed by atoms with Crippen LogP contribution in [-0.4, -0.2) is 9.30 Å². The zero-order valence-corrected chi connectivity index (χ0v) is 16.1. The molecule has 1 aliphatic carbocycles. The Hall–Kier alpha value is -1.36. The molecular weight excluding hydrogens is 333 g/mol. The second-order valence-electron chi connectivity index (χ2n) is 8.14. The second kappa shape index (κ2) is 6.75. The van der Waals surface area contributed by atoms with Gasteiger partial charge in [0.15, 0.2) is 0 Å². The van der Waals surface area contributed by atoms with Gasteiger partial charge in [0.05, 0.1) is 0 Å². The number of benzene rings is 2. The van der Waals surface area contributed by atoms with E-state index in [4.69, 9.17) is 0 Å². The topological polar surface area (TPSA) is 35.1 Å². The van der Waals surface area contributed by atoms with E-state index in [0.29, 0.717) is 0 Å². The Morgan fingerprint density at radius 1 is 1.08 bits per heavy atom. The van der Waals surface area contributed by atoms with Crippen molar-refractivity contribution >= 4 is 11.4 Å². The maximum atomic E-state index is 14.7. The fourth-order valence-corrected chi connectivity index (χ4v) is 3.75. The van der Waals surface area contributed by atoms with Crippen molar-refractivity contribution in [3.05, 3.63) is 71.0 Å². The molecule has 0 heterocycles. The van der Waals surface area contributed by atoms with Gasteiger partial charge >= 0.3 is 0 Å². The Kier molecular flexibility index (Phi) is 4.97. The summed E-state index contributed by atoms with van der Waals surface area (Å²) in [4.78, 5) is 0. The van der Waals surface area contributed by atoms with E-state index in [1.54, 1.807) is 6.07 Å². The minimum atomic E-state index is -1.26. The number of hydrogen-bond donors (Lipinski definition) is 1. The van der Waals surface area contributed by atoms with Gasteiger partial charge in [-0.25, -0.2) is 4.39 Å². The van der Waals surface area contributed by atoms with Crippen LogP contribution in [0.1, 0.15) is 63.3 Å². The maximum absolute atomic E-state index is 14.7. The highest BCUT2D eigenvalue weighted by atomic mass is 32.2. The van der Waals surface area contributed by atoms with Crippen molar-refractivity contribution in [3.63, 3.8) is 0 Å². The van der Waals surface area contributed by atoms with E-state index >= 15 is 0 Å². The van der Waals surface area contributed by atoms with Crippen LogP contribution in [0, 0.1) is 5.82 Å². The van der Waals surface area contributed by atoms with Crippen molar-refractivity contribution in [1.82, 2.24) is 4.72 Å². The van der Waals surface area contributed by atoms with Crippen molar-refractivity contribution in [3.8, 4) is 0 Å². The molecule has 1 aliphatic rings. The SMILES string of the molecule is CC1(c2ccc([C@@H](N[S+]([O-])C(C)(C)C)c3ccccc3)cc2F)CC1. The van der Waals surface area contributed by atoms with Gasteiger partial charge in [0.25, 0.3) is 0 Å². The molecule has 2 atom stereocenters. The van der Waals surface area contributed by atoms with Crippen LogP contribution in [0.25, 0.3) is 0 Å². The fourth-order valence-electron chi connectivity index (χ4n) is 2.92. The van der Waals surface area contributed by atoms with Gasteiger partial charge in [-0.05, 0) is 61.8 Å². The van der Waals surface area contributed by atoms with Crippen molar-refractivity contribution in [2.75, 3.05) is 0 Å². The summed E-state index contributed by atoms with van der Waals surface area (Å²) >= 11 is -1.26. The summed E-state index contributed by atoms with van der Waals surface area (Å²) in [7, 11) is 0. The Bertz CT molecular complexity index is 737. The molecule has 1 fully saturated rings. The minimum Gasteiger partial charge on any atom is -0.598 e. The monoisotopic (exact) mass is 359 g/mol. The first kappa shape index (κ1) is 18.4. The largest absolute Gasteiger partial charge is 0.598 e. The van der Waals surface area contributed by atoms with Gasteiger partial charge in [-0.15, -0.1) is 4.72 Å². The third-order valence-corrected chi connectivity index (χ3v) is 6.45. The Labute approximate surface area is 153 Å². The average Bonchev–Trinajstić information content (AvgIpc) is 3.30. The first-order valence-corrected chi connectivity index (χ1v) is 9.89. The molecule has 25 heavy (non-hydrogen) atoms. The minimum absolute atomic E-state index is 0.00743. The molecule has 1 saturated carbocycles. The third-order valence-electron chi connectivity index (χ3n) is 4.89. The first-order chi connectivity index (χ1) is 11.7. The molecule has 0 amide bonds. The van der Waals surface area contributed by atoms with Gasteiger partial charge in [-0.3, -0.25) is 0 Å². The van der Waals surface area contributed by atoms with Crippen molar-refractivity contribution in [2.45, 2.75) is 56.7 Å². The Morgan fingerprint density at radius 3 is 2.24 bits per heavy atom. The predicted molar refractivity (Wildman–Crippen MR) is 102 cm³/mol. The van der Waals surface area contributed by atoms with E-state index in [1.165, 1.54) is 0 Å². The van der Waals surface area contributed by atoms with E-state index in [2.05, 4.69) is 11.6 Å². The van der Waals surface area contributed by atoms with Crippen LogP contribution in [0.4, 0.5) is 4.39 Å². The van der Waals surface area contributed by atoms with Crippen LogP contribution >= 0.6 is 0 Å². The lowest BCUT2D eigenvalue weighted by Gasteiger charge is -2.28. The lowest BCUT2D eigenvalue weighted by Crippen LogP contribution is -2.41. The van der Waals surface area contributed by atoms with Crippen molar-refractivity contribution in [1.29, 1.82) is 0 Å². The Morgan fingerprint density at radius 2 is 1.72 bits per heavy atom. The fraction of sp³-hybridized carbons (Fsp3) is 0.429. The van der Waals surface area contributed by atoms with E-state index in [1.807, 2.05) is 63.2 Å². The number of halogens is 1. The van der Waals surface area contributed by atoms with Gasteiger partial charge in [0.1, 0.15) is 16.6 Å². The molecule has 134 valence electrons. The molecule has 0 spiro atoms. The van der Waals surface area contributed by atoms with Crippen LogP contribution in [0.2, 0.25) is 0 Å². The van der Waals surface area contributed by atoms with Crippen LogP contribution in [0.5, 0.6) is 0 Å². The summed E-state index contributed by atoms with van der Waals surface area (Å²) in [6.45, 7) is 7.88. The van der Waals surface area contributed by atoms with E-state index in [0.717, 1.165) is 29.5 Å². The van der Waals surface area contributed by atoms with E-state index in [9.17, 15) is 8.94 Å². The summed E-state index contributed by atoms with van der Waals surface area (Å²) in [6, 6.07) is 14.9. The zero-order chi connectivity index (χ0) is 18.2. The second-order valence-corrected chi connectivity index (χ2v) is 10.1. The Balaban J connectivity index is 1.95. The first-order valence-electron chi connectivity index (χ1n) is 8.74. The molecule has 0 radical (unpaired) electrons. The molecule has 2 nitrogen and oxygen atoms in total. The molecule has 0 aromatic heterocycles. The highest BCUT2D eigenvalue weighted by Crippen LogP contribution is 2.48. The predicted octanol–water partition coefficient (Wildman–Crippen LogP) is 5.02. The average molecular weight is 360 g/mol. The number of hydrogen-bond acceptors (Lipinski definition) is 2. The summed E-state index contributed by atoms with van der Waals surface area (Å²) in [5, 5.41) is 0. The van der Waals surface area contributed by atoms with Gasteiger partial charge in [-0.1, -0.05) is 49.4 Å². The molecule has 0 bridgehead atoms. The van der Waals surface area contributed by atoms with Crippen molar-refractivity contribution < 1.29 is 8.94 Å². The number of nitrogens with one attached hydrogen (secondary N) is 1.